The van der Waals surface area contributed by atoms with Gasteiger partial charge >= 0.3 is 5.97 Å². The van der Waals surface area contributed by atoms with Gasteiger partial charge in [-0.3, -0.25) is 4.79 Å². The molecule has 1 amide bonds. The number of halogens is 3. The molecule has 0 spiro atoms. The summed E-state index contributed by atoms with van der Waals surface area (Å²) < 4.78 is 4.82. The molecule has 8 heteroatoms. The molecular weight excluding hydrogens is 365 g/mol. The number of hydrogen-bond donors (Lipinski definition) is 2. The number of phenols is 1. The Morgan fingerprint density at radius 2 is 1.74 bits per heavy atom. The molecule has 2 rings (SSSR count). The zero-order chi connectivity index (χ0) is 17.0. The molecule has 0 saturated carbocycles. The fourth-order valence-corrected chi connectivity index (χ4v) is 2.34. The van der Waals surface area contributed by atoms with Crippen LogP contribution in [0.2, 0.25) is 15.1 Å². The molecule has 0 saturated heterocycles. The maximum absolute atomic E-state index is 11.8. The van der Waals surface area contributed by atoms with Crippen LogP contribution in [-0.4, -0.2) is 23.6 Å². The summed E-state index contributed by atoms with van der Waals surface area (Å²) in [5, 5.41) is 12.8. The molecule has 0 aliphatic rings. The van der Waals surface area contributed by atoms with Crippen molar-refractivity contribution in [3.63, 3.8) is 0 Å². The number of rotatable bonds is 4. The van der Waals surface area contributed by atoms with E-state index in [2.05, 4.69) is 5.32 Å². The number of hydrogen-bond acceptors (Lipinski definition) is 4. The van der Waals surface area contributed by atoms with Crippen molar-refractivity contribution in [1.29, 1.82) is 0 Å². The summed E-state index contributed by atoms with van der Waals surface area (Å²) in [5.41, 5.74) is 0.129. The van der Waals surface area contributed by atoms with Crippen molar-refractivity contribution in [2.75, 3.05) is 11.9 Å². The van der Waals surface area contributed by atoms with Crippen LogP contribution < -0.4 is 5.32 Å². The van der Waals surface area contributed by atoms with E-state index in [4.69, 9.17) is 39.5 Å². The SMILES string of the molecule is O=C(COC(=O)c1ccc(Cl)cc1O)Nc1c(Cl)cccc1Cl. The average molecular weight is 375 g/mol. The highest BCUT2D eigenvalue weighted by Crippen LogP contribution is 2.29. The van der Waals surface area contributed by atoms with Crippen molar-refractivity contribution in [3.8, 4) is 5.75 Å². The lowest BCUT2D eigenvalue weighted by atomic mass is 10.2. The Hall–Kier alpha value is -1.95. The highest BCUT2D eigenvalue weighted by Gasteiger charge is 2.16. The molecular formula is C15H10Cl3NO4. The maximum Gasteiger partial charge on any atom is 0.342 e. The van der Waals surface area contributed by atoms with Gasteiger partial charge in [0, 0.05) is 5.02 Å². The van der Waals surface area contributed by atoms with E-state index in [9.17, 15) is 14.7 Å². The molecule has 0 bridgehead atoms. The Labute approximate surface area is 146 Å². The molecule has 2 aromatic carbocycles. The predicted octanol–water partition coefficient (Wildman–Crippen LogP) is 4.15. The number of carbonyl (C=O) groups is 2. The molecule has 0 radical (unpaired) electrons. The summed E-state index contributed by atoms with van der Waals surface area (Å²) in [6.45, 7) is -0.567. The summed E-state index contributed by atoms with van der Waals surface area (Å²) in [5.74, 6) is -1.82. The van der Waals surface area contributed by atoms with Crippen LogP contribution in [0.4, 0.5) is 5.69 Å². The van der Waals surface area contributed by atoms with Gasteiger partial charge < -0.3 is 15.2 Å². The quantitative estimate of drug-likeness (QED) is 0.788. The van der Waals surface area contributed by atoms with Gasteiger partial charge in [-0.25, -0.2) is 4.79 Å². The molecule has 5 nitrogen and oxygen atoms in total. The van der Waals surface area contributed by atoms with E-state index < -0.39 is 18.5 Å². The molecule has 0 unspecified atom stereocenters. The first-order valence-electron chi connectivity index (χ1n) is 6.28. The van der Waals surface area contributed by atoms with Crippen molar-refractivity contribution >= 4 is 52.4 Å². The normalized spacial score (nSPS) is 10.2. The third kappa shape index (κ3) is 4.51. The molecule has 120 valence electrons. The monoisotopic (exact) mass is 373 g/mol. The fourth-order valence-electron chi connectivity index (χ4n) is 1.68. The first-order chi connectivity index (χ1) is 10.9. The standard InChI is InChI=1S/C15H10Cl3NO4/c16-8-4-5-9(12(20)6-8)15(22)23-7-13(21)19-14-10(17)2-1-3-11(14)18/h1-6,20H,7H2,(H,19,21). The summed E-state index contributed by atoms with van der Waals surface area (Å²) in [7, 11) is 0. The molecule has 0 aliphatic heterocycles. The van der Waals surface area contributed by atoms with Gasteiger partial charge in [0.2, 0.25) is 0 Å². The van der Waals surface area contributed by atoms with Crippen LogP contribution in [0.5, 0.6) is 5.75 Å². The van der Waals surface area contributed by atoms with Gasteiger partial charge in [0.15, 0.2) is 6.61 Å². The van der Waals surface area contributed by atoms with E-state index in [-0.39, 0.29) is 32.1 Å². The topological polar surface area (TPSA) is 75.6 Å². The second-order valence-electron chi connectivity index (χ2n) is 4.38. The number of nitrogens with one attached hydrogen (secondary N) is 1. The third-order valence-electron chi connectivity index (χ3n) is 2.74. The maximum atomic E-state index is 11.8. The minimum absolute atomic E-state index is 0.0991. The van der Waals surface area contributed by atoms with E-state index in [1.54, 1.807) is 18.2 Å². The van der Waals surface area contributed by atoms with Gasteiger partial charge in [0.1, 0.15) is 11.3 Å². The minimum Gasteiger partial charge on any atom is -0.507 e. The fraction of sp³-hybridized carbons (Fsp3) is 0.0667. The van der Waals surface area contributed by atoms with Gasteiger partial charge in [-0.2, -0.15) is 0 Å². The zero-order valence-corrected chi connectivity index (χ0v) is 13.7. The number of esters is 1. The molecule has 0 heterocycles. The number of benzene rings is 2. The first-order valence-corrected chi connectivity index (χ1v) is 7.41. The van der Waals surface area contributed by atoms with Crippen molar-refractivity contribution in [1.82, 2.24) is 0 Å². The second kappa shape index (κ2) is 7.55. The van der Waals surface area contributed by atoms with Gasteiger partial charge in [-0.05, 0) is 30.3 Å². The number of para-hydroxylation sites is 1. The largest absolute Gasteiger partial charge is 0.507 e. The Morgan fingerprint density at radius 3 is 2.35 bits per heavy atom. The lowest BCUT2D eigenvalue weighted by Crippen LogP contribution is -2.21. The first kappa shape index (κ1) is 17.4. The number of ether oxygens (including phenoxy) is 1. The van der Waals surface area contributed by atoms with Crippen molar-refractivity contribution in [2.24, 2.45) is 0 Å². The summed E-state index contributed by atoms with van der Waals surface area (Å²) in [6.07, 6.45) is 0. The Bertz CT molecular complexity index is 744. The van der Waals surface area contributed by atoms with E-state index >= 15 is 0 Å². The van der Waals surface area contributed by atoms with Crippen molar-refractivity contribution in [3.05, 3.63) is 57.0 Å². The van der Waals surface area contributed by atoms with Crippen molar-refractivity contribution in [2.45, 2.75) is 0 Å². The van der Waals surface area contributed by atoms with E-state index in [0.29, 0.717) is 0 Å². The lowest BCUT2D eigenvalue weighted by Gasteiger charge is -2.10. The van der Waals surface area contributed by atoms with Crippen LogP contribution in [0.3, 0.4) is 0 Å². The minimum atomic E-state index is -0.862. The van der Waals surface area contributed by atoms with Crippen LogP contribution in [0.15, 0.2) is 36.4 Å². The molecule has 0 aromatic heterocycles. The van der Waals surface area contributed by atoms with Gasteiger partial charge in [0.05, 0.1) is 15.7 Å². The lowest BCUT2D eigenvalue weighted by molar-refractivity contribution is -0.119. The second-order valence-corrected chi connectivity index (χ2v) is 5.63. The summed E-state index contributed by atoms with van der Waals surface area (Å²) in [4.78, 5) is 23.6. The summed E-state index contributed by atoms with van der Waals surface area (Å²) >= 11 is 17.5. The van der Waals surface area contributed by atoms with E-state index in [1.165, 1.54) is 18.2 Å². The molecule has 2 N–H and O–H groups in total. The number of amides is 1. The zero-order valence-electron chi connectivity index (χ0n) is 11.5. The number of anilines is 1. The summed E-state index contributed by atoms with van der Waals surface area (Å²) in [6, 6.07) is 8.65. The third-order valence-corrected chi connectivity index (χ3v) is 3.61. The van der Waals surface area contributed by atoms with Crippen LogP contribution in [0, 0.1) is 0 Å². The number of carbonyl (C=O) groups excluding carboxylic acids is 2. The predicted molar refractivity (Wildman–Crippen MR) is 88.5 cm³/mol. The van der Waals surface area contributed by atoms with Gasteiger partial charge in [-0.1, -0.05) is 40.9 Å². The highest BCUT2D eigenvalue weighted by molar-refractivity contribution is 6.39. The van der Waals surface area contributed by atoms with Crippen LogP contribution in [-0.2, 0) is 9.53 Å². The Kier molecular flexibility index (Phi) is 5.71. The number of phenolic OH excluding ortho intramolecular Hbond substituents is 1. The Balaban J connectivity index is 1.98. The molecule has 23 heavy (non-hydrogen) atoms. The average Bonchev–Trinajstić information content (AvgIpc) is 2.49. The van der Waals surface area contributed by atoms with Crippen LogP contribution in [0.25, 0.3) is 0 Å². The Morgan fingerprint density at radius 1 is 1.09 bits per heavy atom. The molecule has 2 aromatic rings. The van der Waals surface area contributed by atoms with Gasteiger partial charge in [-0.15, -0.1) is 0 Å². The van der Waals surface area contributed by atoms with Crippen LogP contribution in [0.1, 0.15) is 10.4 Å². The molecule has 0 fully saturated rings. The van der Waals surface area contributed by atoms with E-state index in [1.807, 2.05) is 0 Å². The van der Waals surface area contributed by atoms with Crippen LogP contribution >= 0.6 is 34.8 Å². The van der Waals surface area contributed by atoms with Gasteiger partial charge in [0.25, 0.3) is 5.91 Å². The van der Waals surface area contributed by atoms with E-state index in [0.717, 1.165) is 0 Å². The highest BCUT2D eigenvalue weighted by atomic mass is 35.5. The molecule has 0 atom stereocenters. The number of aromatic hydroxyl groups is 1. The smallest absolute Gasteiger partial charge is 0.342 e. The van der Waals surface area contributed by atoms with Crippen molar-refractivity contribution < 1.29 is 19.4 Å². The molecule has 0 aliphatic carbocycles.